The quantitative estimate of drug-likeness (QED) is 0.540. The summed E-state index contributed by atoms with van der Waals surface area (Å²) in [7, 11) is 0. The third kappa shape index (κ3) is 4.02. The molecule has 0 aromatic heterocycles. The highest BCUT2D eigenvalue weighted by atomic mass is 16.3. The van der Waals surface area contributed by atoms with Crippen LogP contribution < -0.4 is 5.32 Å². The van der Waals surface area contributed by atoms with Crippen LogP contribution in [-0.2, 0) is 14.4 Å². The number of carbonyl (C=O) groups is 3. The van der Waals surface area contributed by atoms with E-state index in [4.69, 9.17) is 0 Å². The van der Waals surface area contributed by atoms with Crippen molar-refractivity contribution in [3.8, 4) is 0 Å². The Balaban J connectivity index is 2.68. The summed E-state index contributed by atoms with van der Waals surface area (Å²) >= 11 is 0. The van der Waals surface area contributed by atoms with E-state index in [2.05, 4.69) is 5.32 Å². The molecule has 2 unspecified atom stereocenters. The minimum atomic E-state index is -0.737. The number of nitrogens with zero attached hydrogens (tertiary/aromatic N) is 1. The van der Waals surface area contributed by atoms with E-state index in [0.717, 1.165) is 19.3 Å². The summed E-state index contributed by atoms with van der Waals surface area (Å²) in [5.41, 5.74) is 0. The number of carbonyl (C=O) groups excluding carboxylic acids is 3. The van der Waals surface area contributed by atoms with Crippen LogP contribution in [0, 0.1) is 5.92 Å². The molecule has 0 bridgehead atoms. The van der Waals surface area contributed by atoms with Crippen LogP contribution in [0.25, 0.3) is 0 Å². The van der Waals surface area contributed by atoms with Gasteiger partial charge in [-0.05, 0) is 12.8 Å². The van der Waals surface area contributed by atoms with Crippen molar-refractivity contribution in [3.05, 3.63) is 0 Å². The van der Waals surface area contributed by atoms with Crippen molar-refractivity contribution >= 4 is 17.7 Å². The highest BCUT2D eigenvalue weighted by Gasteiger charge is 2.35. The molecule has 1 rings (SSSR count). The molecule has 6 heteroatoms. The van der Waals surface area contributed by atoms with Gasteiger partial charge in [0.1, 0.15) is 12.8 Å². The molecule has 19 heavy (non-hydrogen) atoms. The largest absolute Gasteiger partial charge is 0.376 e. The highest BCUT2D eigenvalue weighted by Crippen LogP contribution is 2.17. The molecule has 1 saturated heterocycles. The van der Waals surface area contributed by atoms with Crippen molar-refractivity contribution in [2.75, 3.05) is 6.73 Å². The summed E-state index contributed by atoms with van der Waals surface area (Å²) in [6.07, 6.45) is 3.14. The average Bonchev–Trinajstić information content (AvgIpc) is 2.38. The van der Waals surface area contributed by atoms with Gasteiger partial charge in [0.05, 0.1) is 0 Å². The minimum Gasteiger partial charge on any atom is -0.376 e. The molecule has 2 atom stereocenters. The minimum absolute atomic E-state index is 0.198. The molecular weight excluding hydrogens is 248 g/mol. The van der Waals surface area contributed by atoms with E-state index in [1.54, 1.807) is 6.92 Å². The van der Waals surface area contributed by atoms with Crippen molar-refractivity contribution in [3.63, 3.8) is 0 Å². The summed E-state index contributed by atoms with van der Waals surface area (Å²) in [6.45, 7) is 3.34. The molecule has 0 saturated carbocycles. The fourth-order valence-electron chi connectivity index (χ4n) is 2.22. The second-order valence-electron chi connectivity index (χ2n) is 4.96. The first-order valence-electron chi connectivity index (χ1n) is 6.76. The smallest absolute Gasteiger partial charge is 0.249 e. The predicted molar refractivity (Wildman–Crippen MR) is 68.8 cm³/mol. The molecule has 0 aliphatic carbocycles. The first kappa shape index (κ1) is 15.6. The number of amides is 3. The maximum Gasteiger partial charge on any atom is 0.249 e. The Hall–Kier alpha value is -1.43. The van der Waals surface area contributed by atoms with E-state index in [9.17, 15) is 19.5 Å². The van der Waals surface area contributed by atoms with Crippen molar-refractivity contribution in [1.82, 2.24) is 10.2 Å². The van der Waals surface area contributed by atoms with Gasteiger partial charge in [0, 0.05) is 12.3 Å². The van der Waals surface area contributed by atoms with Crippen LogP contribution >= 0.6 is 0 Å². The van der Waals surface area contributed by atoms with E-state index < -0.39 is 18.7 Å². The Bertz CT molecular complexity index is 357. The Morgan fingerprint density at radius 3 is 2.74 bits per heavy atom. The van der Waals surface area contributed by atoms with E-state index in [0.29, 0.717) is 0 Å². The lowest BCUT2D eigenvalue weighted by Crippen LogP contribution is -2.55. The predicted octanol–water partition coefficient (Wildman–Crippen LogP) is 0.396. The fraction of sp³-hybridized carbons (Fsp3) is 0.769. The molecule has 108 valence electrons. The zero-order valence-corrected chi connectivity index (χ0v) is 11.5. The number of rotatable bonds is 6. The summed E-state index contributed by atoms with van der Waals surface area (Å²) < 4.78 is 0. The second kappa shape index (κ2) is 7.23. The van der Waals surface area contributed by atoms with Gasteiger partial charge in [0.25, 0.3) is 0 Å². The van der Waals surface area contributed by atoms with Crippen molar-refractivity contribution in [2.45, 2.75) is 52.0 Å². The molecule has 0 aromatic carbocycles. The molecule has 3 amide bonds. The van der Waals surface area contributed by atoms with Gasteiger partial charge in [-0.1, -0.05) is 26.7 Å². The number of imide groups is 1. The van der Waals surface area contributed by atoms with Crippen molar-refractivity contribution in [2.24, 2.45) is 5.92 Å². The molecule has 1 aliphatic heterocycles. The highest BCUT2D eigenvalue weighted by molar-refractivity contribution is 6.01. The molecule has 0 radical (unpaired) electrons. The monoisotopic (exact) mass is 270 g/mol. The van der Waals surface area contributed by atoms with Gasteiger partial charge in [-0.2, -0.15) is 0 Å². The van der Waals surface area contributed by atoms with Crippen LogP contribution in [0.3, 0.4) is 0 Å². The Labute approximate surface area is 113 Å². The SMILES string of the molecule is CCCCC(C)C(=O)N(CO)C1CCC(=O)NC1=O. The number of aliphatic hydroxyl groups is 1. The summed E-state index contributed by atoms with van der Waals surface area (Å²) in [5, 5.41) is 11.5. The van der Waals surface area contributed by atoms with Gasteiger partial charge in [0.15, 0.2) is 0 Å². The topological polar surface area (TPSA) is 86.7 Å². The number of unbranched alkanes of at least 4 members (excludes halogenated alkanes) is 1. The van der Waals surface area contributed by atoms with Gasteiger partial charge in [-0.15, -0.1) is 0 Å². The first-order valence-corrected chi connectivity index (χ1v) is 6.76. The lowest BCUT2D eigenvalue weighted by Gasteiger charge is -2.33. The first-order chi connectivity index (χ1) is 9.01. The normalized spacial score (nSPS) is 20.9. The lowest BCUT2D eigenvalue weighted by atomic mass is 9.99. The zero-order chi connectivity index (χ0) is 14.4. The van der Waals surface area contributed by atoms with Crippen LogP contribution in [0.15, 0.2) is 0 Å². The van der Waals surface area contributed by atoms with Gasteiger partial charge in [0.2, 0.25) is 17.7 Å². The standard InChI is InChI=1S/C13H22N2O4/c1-3-4-5-9(2)13(19)15(8-16)10-6-7-11(17)14-12(10)18/h9-10,16H,3-8H2,1-2H3,(H,14,17,18). The van der Waals surface area contributed by atoms with Gasteiger partial charge in [-0.25, -0.2) is 0 Å². The van der Waals surface area contributed by atoms with Crippen LogP contribution in [0.1, 0.15) is 46.0 Å². The Morgan fingerprint density at radius 2 is 2.21 bits per heavy atom. The van der Waals surface area contributed by atoms with Crippen LogP contribution in [0.4, 0.5) is 0 Å². The summed E-state index contributed by atoms with van der Waals surface area (Å²) in [6, 6.07) is -0.737. The van der Waals surface area contributed by atoms with Crippen molar-refractivity contribution in [1.29, 1.82) is 0 Å². The summed E-state index contributed by atoms with van der Waals surface area (Å²) in [5.74, 6) is -1.28. The number of hydrogen-bond donors (Lipinski definition) is 2. The van der Waals surface area contributed by atoms with Crippen LogP contribution in [0.5, 0.6) is 0 Å². The number of nitrogens with one attached hydrogen (secondary N) is 1. The van der Waals surface area contributed by atoms with Gasteiger partial charge >= 0.3 is 0 Å². The van der Waals surface area contributed by atoms with E-state index in [-0.39, 0.29) is 30.6 Å². The maximum absolute atomic E-state index is 12.2. The molecule has 1 aliphatic rings. The molecule has 0 spiro atoms. The van der Waals surface area contributed by atoms with Gasteiger partial charge in [-0.3, -0.25) is 19.7 Å². The number of piperidine rings is 1. The maximum atomic E-state index is 12.2. The van der Waals surface area contributed by atoms with E-state index in [1.807, 2.05) is 6.92 Å². The fourth-order valence-corrected chi connectivity index (χ4v) is 2.22. The zero-order valence-electron chi connectivity index (χ0n) is 11.5. The molecule has 2 N–H and O–H groups in total. The van der Waals surface area contributed by atoms with Crippen molar-refractivity contribution < 1.29 is 19.5 Å². The molecule has 1 fully saturated rings. The number of hydrogen-bond acceptors (Lipinski definition) is 4. The third-order valence-electron chi connectivity index (χ3n) is 3.43. The van der Waals surface area contributed by atoms with Crippen LogP contribution in [-0.4, -0.2) is 40.5 Å². The molecule has 6 nitrogen and oxygen atoms in total. The third-order valence-corrected chi connectivity index (χ3v) is 3.43. The molecular formula is C13H22N2O4. The summed E-state index contributed by atoms with van der Waals surface area (Å²) in [4.78, 5) is 36.2. The lowest BCUT2D eigenvalue weighted by molar-refractivity contribution is -0.151. The molecule has 1 heterocycles. The Morgan fingerprint density at radius 1 is 1.53 bits per heavy atom. The second-order valence-corrected chi connectivity index (χ2v) is 4.96. The van der Waals surface area contributed by atoms with Crippen LogP contribution in [0.2, 0.25) is 0 Å². The van der Waals surface area contributed by atoms with Gasteiger partial charge < -0.3 is 10.0 Å². The number of aliphatic hydroxyl groups excluding tert-OH is 1. The van der Waals surface area contributed by atoms with E-state index >= 15 is 0 Å². The van der Waals surface area contributed by atoms with E-state index in [1.165, 1.54) is 4.90 Å². The Kier molecular flexibility index (Phi) is 5.95. The average molecular weight is 270 g/mol. The molecule has 0 aromatic rings.